The number of nitrogens with zero attached hydrogens (tertiary/aromatic N) is 5. The number of carbonyl (C=O) groups is 1. The van der Waals surface area contributed by atoms with Crippen LogP contribution >= 0.6 is 11.3 Å². The van der Waals surface area contributed by atoms with Crippen molar-refractivity contribution in [1.29, 1.82) is 0 Å². The molecule has 7 nitrogen and oxygen atoms in total. The number of amides is 1. The molecule has 0 saturated carbocycles. The highest BCUT2D eigenvalue weighted by atomic mass is 32.1. The number of hydrogen-bond acceptors (Lipinski definition) is 6. The molecule has 0 aromatic carbocycles. The van der Waals surface area contributed by atoms with E-state index < -0.39 is 0 Å². The average Bonchev–Trinajstić information content (AvgIpc) is 3.29. The van der Waals surface area contributed by atoms with Crippen molar-refractivity contribution in [1.82, 2.24) is 30.0 Å². The van der Waals surface area contributed by atoms with Crippen LogP contribution in [0.5, 0.6) is 0 Å². The van der Waals surface area contributed by atoms with E-state index in [1.165, 1.54) is 4.88 Å². The third-order valence-electron chi connectivity index (χ3n) is 4.57. The second-order valence-electron chi connectivity index (χ2n) is 6.39. The zero-order valence-electron chi connectivity index (χ0n) is 14.5. The highest BCUT2D eigenvalue weighted by Gasteiger charge is 2.31. The summed E-state index contributed by atoms with van der Waals surface area (Å²) >= 11 is 1.66. The summed E-state index contributed by atoms with van der Waals surface area (Å²) in [6.45, 7) is 4.70. The number of pyridine rings is 1. The normalized spacial score (nSPS) is 17.0. The van der Waals surface area contributed by atoms with Crippen LogP contribution in [0.25, 0.3) is 0 Å². The number of carbonyl (C=O) groups excluding carboxylic acids is 1. The molecule has 0 radical (unpaired) electrons. The summed E-state index contributed by atoms with van der Waals surface area (Å²) < 4.78 is 1.84. The molecule has 0 aliphatic carbocycles. The first kappa shape index (κ1) is 16.9. The van der Waals surface area contributed by atoms with Gasteiger partial charge in [-0.05, 0) is 24.6 Å². The molecule has 0 bridgehead atoms. The van der Waals surface area contributed by atoms with Gasteiger partial charge in [0, 0.05) is 49.6 Å². The number of nitrogens with one attached hydrogen (secondary N) is 1. The molecule has 1 atom stereocenters. The molecule has 134 valence electrons. The number of rotatable bonds is 5. The Balaban J connectivity index is 1.47. The Morgan fingerprint density at radius 1 is 1.38 bits per heavy atom. The molecule has 1 N–H and O–H groups in total. The van der Waals surface area contributed by atoms with Gasteiger partial charge in [0.1, 0.15) is 6.04 Å². The van der Waals surface area contributed by atoms with E-state index in [-0.39, 0.29) is 11.9 Å². The molecular weight excluding hydrogens is 348 g/mol. The topological polar surface area (TPSA) is 75.9 Å². The second kappa shape index (κ2) is 7.35. The minimum absolute atomic E-state index is 0.0236. The van der Waals surface area contributed by atoms with Gasteiger partial charge in [-0.15, -0.1) is 11.3 Å². The smallest absolute Gasteiger partial charge is 0.246 e. The maximum absolute atomic E-state index is 12.8. The van der Waals surface area contributed by atoms with Crippen molar-refractivity contribution in [2.24, 2.45) is 0 Å². The maximum atomic E-state index is 12.8. The van der Waals surface area contributed by atoms with Crippen LogP contribution in [0.1, 0.15) is 27.9 Å². The van der Waals surface area contributed by atoms with Gasteiger partial charge in [-0.25, -0.2) is 4.98 Å². The van der Waals surface area contributed by atoms with E-state index >= 15 is 0 Å². The first-order chi connectivity index (χ1) is 12.7. The van der Waals surface area contributed by atoms with Crippen LogP contribution in [-0.2, 0) is 24.4 Å². The number of hydrogen-bond donors (Lipinski definition) is 1. The zero-order valence-corrected chi connectivity index (χ0v) is 15.3. The van der Waals surface area contributed by atoms with Crippen molar-refractivity contribution in [3.63, 3.8) is 0 Å². The fraction of sp³-hybridized carbons (Fsp3) is 0.333. The van der Waals surface area contributed by atoms with Gasteiger partial charge in [-0.1, -0.05) is 6.07 Å². The quantitative estimate of drug-likeness (QED) is 0.745. The standard InChI is InChI=1S/C18H20N6OS/c1-13-17(26-12-21-13)11-23-9-15-4-6-22-24(15)16(10-23)18(25)20-8-14-3-2-5-19-7-14/h2-7,12,16H,8-11H2,1H3,(H,20,25). The Morgan fingerprint density at radius 2 is 2.31 bits per heavy atom. The van der Waals surface area contributed by atoms with E-state index in [2.05, 4.69) is 25.3 Å². The van der Waals surface area contributed by atoms with E-state index in [4.69, 9.17) is 0 Å². The van der Waals surface area contributed by atoms with E-state index in [1.54, 1.807) is 29.9 Å². The van der Waals surface area contributed by atoms with E-state index in [0.29, 0.717) is 13.1 Å². The van der Waals surface area contributed by atoms with Crippen LogP contribution in [0.4, 0.5) is 0 Å². The summed E-state index contributed by atoms with van der Waals surface area (Å²) in [5.74, 6) is -0.0236. The van der Waals surface area contributed by atoms with Crippen LogP contribution in [-0.4, -0.2) is 37.1 Å². The number of aryl methyl sites for hydroxylation is 1. The van der Waals surface area contributed by atoms with E-state index in [0.717, 1.165) is 30.0 Å². The van der Waals surface area contributed by atoms with Gasteiger partial charge < -0.3 is 5.32 Å². The zero-order chi connectivity index (χ0) is 17.9. The Bertz CT molecular complexity index is 890. The van der Waals surface area contributed by atoms with E-state index in [9.17, 15) is 4.79 Å². The lowest BCUT2D eigenvalue weighted by molar-refractivity contribution is -0.126. The first-order valence-corrected chi connectivity index (χ1v) is 9.39. The largest absolute Gasteiger partial charge is 0.350 e. The molecule has 1 aliphatic heterocycles. The molecule has 26 heavy (non-hydrogen) atoms. The highest BCUT2D eigenvalue weighted by molar-refractivity contribution is 7.09. The molecule has 0 spiro atoms. The number of aromatic nitrogens is 4. The van der Waals surface area contributed by atoms with Crippen LogP contribution in [0.2, 0.25) is 0 Å². The van der Waals surface area contributed by atoms with Crippen molar-refractivity contribution >= 4 is 17.2 Å². The maximum Gasteiger partial charge on any atom is 0.246 e. The van der Waals surface area contributed by atoms with Gasteiger partial charge in [0.2, 0.25) is 5.91 Å². The highest BCUT2D eigenvalue weighted by Crippen LogP contribution is 2.24. The third kappa shape index (κ3) is 3.51. The Labute approximate surface area is 155 Å². The van der Waals surface area contributed by atoms with Crippen molar-refractivity contribution < 1.29 is 4.79 Å². The molecular formula is C18H20N6OS. The van der Waals surface area contributed by atoms with Crippen LogP contribution < -0.4 is 5.32 Å². The van der Waals surface area contributed by atoms with Crippen molar-refractivity contribution in [3.8, 4) is 0 Å². The summed E-state index contributed by atoms with van der Waals surface area (Å²) in [7, 11) is 0. The average molecular weight is 368 g/mol. The van der Waals surface area contributed by atoms with Crippen LogP contribution in [0, 0.1) is 6.92 Å². The fourth-order valence-electron chi connectivity index (χ4n) is 3.17. The molecule has 3 aromatic rings. The minimum atomic E-state index is -0.335. The Kier molecular flexibility index (Phi) is 4.77. The summed E-state index contributed by atoms with van der Waals surface area (Å²) in [6.07, 6.45) is 5.25. The summed E-state index contributed by atoms with van der Waals surface area (Å²) in [6, 6.07) is 5.46. The number of thiazole rings is 1. The molecule has 3 aromatic heterocycles. The van der Waals surface area contributed by atoms with Crippen LogP contribution in [0.15, 0.2) is 42.3 Å². The van der Waals surface area contributed by atoms with Crippen molar-refractivity contribution in [2.45, 2.75) is 32.6 Å². The minimum Gasteiger partial charge on any atom is -0.350 e. The number of fused-ring (bicyclic) bond motifs is 1. The van der Waals surface area contributed by atoms with Gasteiger partial charge >= 0.3 is 0 Å². The SMILES string of the molecule is Cc1ncsc1CN1Cc2ccnn2C(C(=O)NCc2cccnc2)C1. The second-order valence-corrected chi connectivity index (χ2v) is 7.33. The van der Waals surface area contributed by atoms with Crippen molar-refractivity contribution in [3.05, 3.63) is 64.1 Å². The lowest BCUT2D eigenvalue weighted by Crippen LogP contribution is -2.44. The van der Waals surface area contributed by atoms with Gasteiger partial charge in [0.15, 0.2) is 0 Å². The van der Waals surface area contributed by atoms with Crippen molar-refractivity contribution in [2.75, 3.05) is 6.54 Å². The summed E-state index contributed by atoms with van der Waals surface area (Å²) in [5.41, 5.74) is 4.97. The molecule has 1 unspecified atom stereocenters. The Hall–Kier alpha value is -2.58. The summed E-state index contributed by atoms with van der Waals surface area (Å²) in [4.78, 5) is 24.8. The molecule has 4 heterocycles. The summed E-state index contributed by atoms with van der Waals surface area (Å²) in [5, 5.41) is 7.38. The third-order valence-corrected chi connectivity index (χ3v) is 5.49. The van der Waals surface area contributed by atoms with Crippen LogP contribution in [0.3, 0.4) is 0 Å². The molecule has 4 rings (SSSR count). The lowest BCUT2D eigenvalue weighted by Gasteiger charge is -2.32. The molecule has 1 amide bonds. The molecule has 0 fully saturated rings. The monoisotopic (exact) mass is 368 g/mol. The molecule has 8 heteroatoms. The predicted molar refractivity (Wildman–Crippen MR) is 98.3 cm³/mol. The predicted octanol–water partition coefficient (Wildman–Crippen LogP) is 1.92. The van der Waals surface area contributed by atoms with Gasteiger partial charge in [-0.2, -0.15) is 5.10 Å². The lowest BCUT2D eigenvalue weighted by atomic mass is 10.1. The van der Waals surface area contributed by atoms with Gasteiger partial charge in [0.05, 0.1) is 16.9 Å². The van der Waals surface area contributed by atoms with Gasteiger partial charge in [-0.3, -0.25) is 19.4 Å². The van der Waals surface area contributed by atoms with Gasteiger partial charge in [0.25, 0.3) is 0 Å². The fourth-order valence-corrected chi connectivity index (χ4v) is 3.99. The molecule has 0 saturated heterocycles. The van der Waals surface area contributed by atoms with E-state index in [1.807, 2.05) is 35.3 Å². The molecule has 1 aliphatic rings. The first-order valence-electron chi connectivity index (χ1n) is 8.51. The Morgan fingerprint density at radius 3 is 3.08 bits per heavy atom.